The number of H-pyrrole nitrogens is 1. The largest absolute Gasteiger partial charge is 0.417 e. The van der Waals surface area contributed by atoms with Crippen LogP contribution in [-0.4, -0.2) is 56.6 Å². The van der Waals surface area contributed by atoms with E-state index in [1.807, 2.05) is 6.07 Å². The van der Waals surface area contributed by atoms with E-state index in [4.69, 9.17) is 0 Å². The second-order valence-corrected chi connectivity index (χ2v) is 9.03. The molecule has 3 aromatic rings. The minimum atomic E-state index is -4.63. The molecule has 9 nitrogen and oxygen atoms in total. The fourth-order valence-electron chi connectivity index (χ4n) is 5.28. The van der Waals surface area contributed by atoms with Gasteiger partial charge in [0.25, 0.3) is 5.56 Å². The van der Waals surface area contributed by atoms with Gasteiger partial charge in [-0.05, 0) is 36.8 Å². The third kappa shape index (κ3) is 3.86. The number of hydrogen-bond donors (Lipinski definition) is 2. The zero-order chi connectivity index (χ0) is 24.2. The minimum Gasteiger partial charge on any atom is -0.355 e. The number of anilines is 2. The lowest BCUT2D eigenvalue weighted by atomic mass is 9.91. The monoisotopic (exact) mass is 475 g/mol. The van der Waals surface area contributed by atoms with Crippen LogP contribution in [0.3, 0.4) is 0 Å². The molecule has 3 atom stereocenters. The van der Waals surface area contributed by atoms with Gasteiger partial charge in [0.05, 0.1) is 11.8 Å². The molecule has 0 radical (unpaired) electrons. The number of aryl methyl sites for hydroxylation is 1. The summed E-state index contributed by atoms with van der Waals surface area (Å²) >= 11 is 0. The van der Waals surface area contributed by atoms with Crippen LogP contribution < -0.4 is 15.8 Å². The van der Waals surface area contributed by atoms with E-state index >= 15 is 0 Å². The standard InChI is InChI=1S/C22H24F3N7O2/c1-30-11-14(22(23,24)25)7-16(20(30)33)29-21(34)31(2)18-12-3-4-13(18)10-32(9-12)17-8-27-19-15(28-17)5-6-26-19/h5-8,11-13,18H,3-4,9-10H2,1-2H3,(H,26,27)(H,29,34)/t12-,13+,18?. The van der Waals surface area contributed by atoms with Crippen LogP contribution in [0.2, 0.25) is 0 Å². The Morgan fingerprint density at radius 2 is 1.97 bits per heavy atom. The van der Waals surface area contributed by atoms with Crippen LogP contribution >= 0.6 is 0 Å². The minimum absolute atomic E-state index is 0.0881. The van der Waals surface area contributed by atoms with Crippen molar-refractivity contribution in [2.45, 2.75) is 25.1 Å². The van der Waals surface area contributed by atoms with E-state index in [1.165, 1.54) is 11.9 Å². The first-order valence-corrected chi connectivity index (χ1v) is 11.0. The number of aromatic amines is 1. The molecule has 1 unspecified atom stereocenters. The first-order chi connectivity index (χ1) is 16.1. The van der Waals surface area contributed by atoms with Gasteiger partial charge in [-0.1, -0.05) is 0 Å². The van der Waals surface area contributed by atoms with E-state index in [1.54, 1.807) is 19.4 Å². The van der Waals surface area contributed by atoms with Gasteiger partial charge in [-0.3, -0.25) is 4.79 Å². The van der Waals surface area contributed by atoms with Gasteiger partial charge >= 0.3 is 12.2 Å². The lowest BCUT2D eigenvalue weighted by Gasteiger charge is -2.42. The van der Waals surface area contributed by atoms with Crippen LogP contribution in [0.1, 0.15) is 18.4 Å². The summed E-state index contributed by atoms with van der Waals surface area (Å²) in [5, 5.41) is 2.40. The van der Waals surface area contributed by atoms with Crippen molar-refractivity contribution in [3.8, 4) is 0 Å². The molecule has 1 aliphatic carbocycles. The van der Waals surface area contributed by atoms with Gasteiger partial charge in [0.15, 0.2) is 5.65 Å². The number of urea groups is 1. The van der Waals surface area contributed by atoms with Crippen molar-refractivity contribution in [2.75, 3.05) is 30.4 Å². The van der Waals surface area contributed by atoms with Crippen LogP contribution in [0.4, 0.5) is 29.5 Å². The van der Waals surface area contributed by atoms with Crippen molar-refractivity contribution in [1.29, 1.82) is 0 Å². The Morgan fingerprint density at radius 1 is 1.26 bits per heavy atom. The molecule has 12 heteroatoms. The Bertz CT molecular complexity index is 1290. The van der Waals surface area contributed by atoms with Crippen LogP contribution in [0, 0.1) is 11.8 Å². The Hall–Kier alpha value is -3.57. The number of amides is 2. The summed E-state index contributed by atoms with van der Waals surface area (Å²) in [4.78, 5) is 41.1. The molecular weight excluding hydrogens is 451 g/mol. The highest BCUT2D eigenvalue weighted by atomic mass is 19.4. The lowest BCUT2D eigenvalue weighted by Crippen LogP contribution is -2.54. The summed E-state index contributed by atoms with van der Waals surface area (Å²) in [5.41, 5.74) is -0.591. The van der Waals surface area contributed by atoms with E-state index in [0.717, 1.165) is 34.4 Å². The van der Waals surface area contributed by atoms with Crippen LogP contribution in [0.5, 0.6) is 0 Å². The second kappa shape index (κ2) is 8.03. The molecule has 2 fully saturated rings. The first-order valence-electron chi connectivity index (χ1n) is 11.0. The molecule has 2 aliphatic rings. The van der Waals surface area contributed by atoms with Crippen molar-refractivity contribution in [2.24, 2.45) is 18.9 Å². The Morgan fingerprint density at radius 3 is 2.65 bits per heavy atom. The van der Waals surface area contributed by atoms with Crippen LogP contribution in [0.25, 0.3) is 11.2 Å². The van der Waals surface area contributed by atoms with Crippen LogP contribution in [-0.2, 0) is 13.2 Å². The van der Waals surface area contributed by atoms with E-state index in [2.05, 4.69) is 25.2 Å². The zero-order valence-electron chi connectivity index (χ0n) is 18.6. The number of nitrogens with one attached hydrogen (secondary N) is 2. The first kappa shape index (κ1) is 22.2. The van der Waals surface area contributed by atoms with Gasteiger partial charge < -0.3 is 24.7 Å². The van der Waals surface area contributed by atoms with E-state index in [-0.39, 0.29) is 17.9 Å². The average Bonchev–Trinajstić information content (AvgIpc) is 3.36. The molecule has 2 N–H and O–H groups in total. The smallest absolute Gasteiger partial charge is 0.355 e. The van der Waals surface area contributed by atoms with E-state index in [0.29, 0.717) is 25.4 Å². The number of nitrogens with zero attached hydrogens (tertiary/aromatic N) is 5. The number of halogens is 3. The van der Waals surface area contributed by atoms with Crippen molar-refractivity contribution in [3.05, 3.63) is 46.6 Å². The van der Waals surface area contributed by atoms with E-state index < -0.39 is 29.0 Å². The number of hydrogen-bond acceptors (Lipinski definition) is 5. The summed E-state index contributed by atoms with van der Waals surface area (Å²) in [6.07, 6.45) is 1.46. The molecule has 0 spiro atoms. The SMILES string of the molecule is CN(C(=O)Nc1cc(C(F)(F)F)cn(C)c1=O)C1[C@@H]2CC[C@H]1CN(c1cnc3[nH]ccc3n1)C2. The van der Waals surface area contributed by atoms with Gasteiger partial charge in [-0.2, -0.15) is 13.2 Å². The zero-order valence-corrected chi connectivity index (χ0v) is 18.6. The number of piperidine rings is 1. The number of carbonyl (C=O) groups excluding carboxylic acids is 1. The highest BCUT2D eigenvalue weighted by molar-refractivity contribution is 5.89. The van der Waals surface area contributed by atoms with Crippen LogP contribution in [0.15, 0.2) is 35.5 Å². The third-order valence-electron chi connectivity index (χ3n) is 6.88. The molecule has 0 aromatic carbocycles. The van der Waals surface area contributed by atoms with Crippen molar-refractivity contribution < 1.29 is 18.0 Å². The summed E-state index contributed by atoms with van der Waals surface area (Å²) in [6.45, 7) is 1.38. The maximum Gasteiger partial charge on any atom is 0.417 e. The molecule has 2 amide bonds. The molecule has 5 rings (SSSR count). The van der Waals surface area contributed by atoms with Gasteiger partial charge in [-0.25, -0.2) is 14.8 Å². The molecule has 4 heterocycles. The number of carbonyl (C=O) groups is 1. The number of rotatable bonds is 3. The summed E-state index contributed by atoms with van der Waals surface area (Å²) < 4.78 is 40.3. The molecule has 1 aliphatic heterocycles. The summed E-state index contributed by atoms with van der Waals surface area (Å²) in [7, 11) is 2.85. The maximum atomic E-state index is 13.2. The Kier molecular flexibility index (Phi) is 5.25. The molecular formula is C22H24F3N7O2. The molecule has 2 bridgehead atoms. The molecule has 1 saturated heterocycles. The topological polar surface area (TPSA) is 99.1 Å². The summed E-state index contributed by atoms with van der Waals surface area (Å²) in [6, 6.07) is 1.86. The second-order valence-electron chi connectivity index (χ2n) is 9.03. The molecule has 1 saturated carbocycles. The fraction of sp³-hybridized carbons (Fsp3) is 0.455. The van der Waals surface area contributed by atoms with Crippen molar-refractivity contribution in [3.63, 3.8) is 0 Å². The maximum absolute atomic E-state index is 13.2. The number of aromatic nitrogens is 4. The number of fused-ring (bicyclic) bond motifs is 3. The van der Waals surface area contributed by atoms with Gasteiger partial charge in [0.1, 0.15) is 17.0 Å². The quantitative estimate of drug-likeness (QED) is 0.607. The summed E-state index contributed by atoms with van der Waals surface area (Å²) in [5.74, 6) is 1.12. The van der Waals surface area contributed by atoms with Gasteiger partial charge in [-0.15, -0.1) is 0 Å². The average molecular weight is 475 g/mol. The van der Waals surface area contributed by atoms with Crippen molar-refractivity contribution in [1.82, 2.24) is 24.4 Å². The highest BCUT2D eigenvalue weighted by Crippen LogP contribution is 2.41. The molecule has 180 valence electrons. The predicted octanol–water partition coefficient (Wildman–Crippen LogP) is 3.05. The van der Waals surface area contributed by atoms with Crippen molar-refractivity contribution >= 4 is 28.7 Å². The predicted molar refractivity (Wildman–Crippen MR) is 120 cm³/mol. The lowest BCUT2D eigenvalue weighted by molar-refractivity contribution is -0.138. The molecule has 34 heavy (non-hydrogen) atoms. The normalized spacial score (nSPS) is 22.3. The number of alkyl halides is 3. The fourth-order valence-corrected chi connectivity index (χ4v) is 5.28. The van der Waals surface area contributed by atoms with E-state index in [9.17, 15) is 22.8 Å². The van der Waals surface area contributed by atoms with Gasteiger partial charge in [0.2, 0.25) is 0 Å². The Balaban J connectivity index is 1.32. The Labute approximate surface area is 192 Å². The molecule has 3 aromatic heterocycles. The highest BCUT2D eigenvalue weighted by Gasteiger charge is 2.45. The third-order valence-corrected chi connectivity index (χ3v) is 6.88. The van der Waals surface area contributed by atoms with Gasteiger partial charge in [0, 0.05) is 45.6 Å². The number of pyridine rings is 1.